The summed E-state index contributed by atoms with van der Waals surface area (Å²) in [4.78, 5) is 12.1. The molecule has 0 aromatic heterocycles. The Bertz CT molecular complexity index is 964. The van der Waals surface area contributed by atoms with E-state index >= 15 is 0 Å². The van der Waals surface area contributed by atoms with Crippen molar-refractivity contribution in [3.63, 3.8) is 0 Å². The van der Waals surface area contributed by atoms with Gasteiger partial charge >= 0.3 is 0 Å². The number of aromatic hydroxyl groups is 3. The number of ether oxygens (including phenoxy) is 2. The Morgan fingerprint density at radius 1 is 1.07 bits per heavy atom. The largest absolute Gasteiger partial charge is 0.504 e. The molecule has 4 N–H and O–H groups in total. The van der Waals surface area contributed by atoms with Gasteiger partial charge in [-0.3, -0.25) is 4.79 Å². The molecule has 28 heavy (non-hydrogen) atoms. The highest BCUT2D eigenvalue weighted by molar-refractivity contribution is 5.96. The first-order valence-electron chi connectivity index (χ1n) is 7.96. The number of nitrogens with zero attached hydrogens (tertiary/aromatic N) is 1. The van der Waals surface area contributed by atoms with E-state index in [1.807, 2.05) is 6.07 Å². The quantitative estimate of drug-likeness (QED) is 0.343. The summed E-state index contributed by atoms with van der Waals surface area (Å²) in [5.74, 6) is -1.09. The van der Waals surface area contributed by atoms with Crippen LogP contribution in [-0.2, 0) is 0 Å². The normalized spacial score (nSPS) is 11.1. The van der Waals surface area contributed by atoms with Gasteiger partial charge in [-0.05, 0) is 42.0 Å². The number of phenolic OH excluding ortho intramolecular Hbond substituents is 3. The first kappa shape index (κ1) is 20.2. The Morgan fingerprint density at radius 2 is 1.71 bits per heavy atom. The SMILES string of the molecule is COc1cc(C=CC=C(C#N)NC(=O)c2ccc(O)c(O)c2)cc(OC)c1O. The Kier molecular flexibility index (Phi) is 6.49. The monoisotopic (exact) mass is 382 g/mol. The van der Waals surface area contributed by atoms with Gasteiger partial charge in [-0.25, -0.2) is 0 Å². The van der Waals surface area contributed by atoms with Gasteiger partial charge in [-0.2, -0.15) is 5.26 Å². The second-order valence-corrected chi connectivity index (χ2v) is 5.48. The van der Waals surface area contributed by atoms with Crippen molar-refractivity contribution in [1.29, 1.82) is 5.26 Å². The molecule has 2 aromatic carbocycles. The number of carbonyl (C=O) groups is 1. The molecule has 144 valence electrons. The molecule has 0 fully saturated rings. The lowest BCUT2D eigenvalue weighted by atomic mass is 10.1. The van der Waals surface area contributed by atoms with E-state index in [2.05, 4.69) is 5.32 Å². The first-order valence-corrected chi connectivity index (χ1v) is 7.96. The highest BCUT2D eigenvalue weighted by Crippen LogP contribution is 2.37. The van der Waals surface area contributed by atoms with Gasteiger partial charge in [0, 0.05) is 5.56 Å². The van der Waals surface area contributed by atoms with Gasteiger partial charge in [-0.15, -0.1) is 0 Å². The fourth-order valence-electron chi connectivity index (χ4n) is 2.23. The summed E-state index contributed by atoms with van der Waals surface area (Å²) in [6.07, 6.45) is 4.53. The number of nitrogens with one attached hydrogen (secondary N) is 1. The van der Waals surface area contributed by atoms with E-state index < -0.39 is 11.7 Å². The second-order valence-electron chi connectivity index (χ2n) is 5.48. The van der Waals surface area contributed by atoms with Crippen molar-refractivity contribution >= 4 is 12.0 Å². The van der Waals surface area contributed by atoms with Crippen molar-refractivity contribution in [2.24, 2.45) is 0 Å². The number of amides is 1. The van der Waals surface area contributed by atoms with Gasteiger partial charge in [0.15, 0.2) is 23.0 Å². The fourth-order valence-corrected chi connectivity index (χ4v) is 2.23. The third kappa shape index (κ3) is 4.74. The van der Waals surface area contributed by atoms with Gasteiger partial charge in [0.2, 0.25) is 5.75 Å². The molecule has 8 nitrogen and oxygen atoms in total. The Hall–Kier alpha value is -4.12. The highest BCUT2D eigenvalue weighted by atomic mass is 16.5. The van der Waals surface area contributed by atoms with Crippen LogP contribution in [0.15, 0.2) is 48.2 Å². The van der Waals surface area contributed by atoms with E-state index in [4.69, 9.17) is 9.47 Å². The van der Waals surface area contributed by atoms with Crippen molar-refractivity contribution in [3.8, 4) is 34.8 Å². The second kappa shape index (κ2) is 9.00. The van der Waals surface area contributed by atoms with Crippen molar-refractivity contribution in [2.75, 3.05) is 14.2 Å². The van der Waals surface area contributed by atoms with E-state index in [-0.39, 0.29) is 34.3 Å². The number of rotatable bonds is 6. The molecule has 1 amide bonds. The minimum Gasteiger partial charge on any atom is -0.504 e. The Labute approximate surface area is 161 Å². The minimum absolute atomic E-state index is 0.0356. The predicted molar refractivity (Wildman–Crippen MR) is 101 cm³/mol. The van der Waals surface area contributed by atoms with E-state index in [0.717, 1.165) is 6.07 Å². The molecule has 0 atom stereocenters. The molecule has 0 saturated carbocycles. The molecule has 0 unspecified atom stereocenters. The van der Waals surface area contributed by atoms with Gasteiger partial charge in [-0.1, -0.05) is 12.2 Å². The van der Waals surface area contributed by atoms with Crippen LogP contribution in [0.25, 0.3) is 6.08 Å². The zero-order chi connectivity index (χ0) is 20.7. The topological polar surface area (TPSA) is 132 Å². The number of hydrogen-bond acceptors (Lipinski definition) is 7. The maximum Gasteiger partial charge on any atom is 0.256 e. The van der Waals surface area contributed by atoms with Crippen LogP contribution in [0.3, 0.4) is 0 Å². The number of allylic oxidation sites excluding steroid dienone is 3. The zero-order valence-electron chi connectivity index (χ0n) is 15.1. The number of benzene rings is 2. The molecule has 0 aliphatic carbocycles. The van der Waals surface area contributed by atoms with Crippen LogP contribution >= 0.6 is 0 Å². The molecule has 0 spiro atoms. The molecule has 0 aliphatic rings. The third-order valence-electron chi connectivity index (χ3n) is 3.66. The molecule has 0 aliphatic heterocycles. The Balaban J connectivity index is 2.18. The molecular formula is C20H18N2O6. The molecule has 0 bridgehead atoms. The molecule has 0 radical (unpaired) electrons. The van der Waals surface area contributed by atoms with E-state index in [0.29, 0.717) is 5.56 Å². The third-order valence-corrected chi connectivity index (χ3v) is 3.66. The number of methoxy groups -OCH3 is 2. The van der Waals surface area contributed by atoms with Gasteiger partial charge in [0.1, 0.15) is 11.8 Å². The lowest BCUT2D eigenvalue weighted by Crippen LogP contribution is -2.21. The average Bonchev–Trinajstić information content (AvgIpc) is 2.69. The van der Waals surface area contributed by atoms with Crippen molar-refractivity contribution in [3.05, 3.63) is 59.3 Å². The lowest BCUT2D eigenvalue weighted by molar-refractivity contribution is 0.0967. The smallest absolute Gasteiger partial charge is 0.256 e. The summed E-state index contributed by atoms with van der Waals surface area (Å²) in [6, 6.07) is 8.57. The zero-order valence-corrected chi connectivity index (χ0v) is 15.1. The number of carbonyl (C=O) groups excluding carboxylic acids is 1. The maximum absolute atomic E-state index is 12.1. The summed E-state index contributed by atoms with van der Waals surface area (Å²) >= 11 is 0. The summed E-state index contributed by atoms with van der Waals surface area (Å²) in [7, 11) is 2.82. The van der Waals surface area contributed by atoms with Gasteiger partial charge in [0.05, 0.1) is 14.2 Å². The van der Waals surface area contributed by atoms with Crippen LogP contribution < -0.4 is 14.8 Å². The standard InChI is InChI=1S/C20H18N2O6/c1-27-17-8-12(9-18(28-2)19(17)25)4-3-5-14(11-21)22-20(26)13-6-7-15(23)16(24)10-13/h3-10,23-25H,1-2H3,(H,22,26). The maximum atomic E-state index is 12.1. The number of hydrogen-bond donors (Lipinski definition) is 4. The predicted octanol–water partition coefficient (Wildman–Crippen LogP) is 2.67. The van der Waals surface area contributed by atoms with Crippen LogP contribution in [0.4, 0.5) is 0 Å². The van der Waals surface area contributed by atoms with Crippen molar-refractivity contribution in [2.45, 2.75) is 0 Å². The lowest BCUT2D eigenvalue weighted by Gasteiger charge is -2.09. The van der Waals surface area contributed by atoms with Crippen LogP contribution in [0, 0.1) is 11.3 Å². The van der Waals surface area contributed by atoms with Crippen molar-refractivity contribution < 1.29 is 29.6 Å². The molecule has 2 aromatic rings. The van der Waals surface area contributed by atoms with Gasteiger partial charge < -0.3 is 30.1 Å². The minimum atomic E-state index is -0.621. The van der Waals surface area contributed by atoms with Crippen LogP contribution in [0.5, 0.6) is 28.7 Å². The van der Waals surface area contributed by atoms with E-state index in [1.54, 1.807) is 18.2 Å². The molecule has 8 heteroatoms. The number of nitriles is 1. The summed E-state index contributed by atoms with van der Waals surface area (Å²) in [6.45, 7) is 0. The summed E-state index contributed by atoms with van der Waals surface area (Å²) in [5.41, 5.74) is 0.676. The molecule has 2 rings (SSSR count). The summed E-state index contributed by atoms with van der Waals surface area (Å²) < 4.78 is 10.1. The first-order chi connectivity index (χ1) is 13.4. The van der Waals surface area contributed by atoms with Crippen LogP contribution in [0.1, 0.15) is 15.9 Å². The average molecular weight is 382 g/mol. The Morgan fingerprint density at radius 3 is 2.25 bits per heavy atom. The molecule has 0 saturated heterocycles. The molecule has 0 heterocycles. The molecular weight excluding hydrogens is 364 g/mol. The van der Waals surface area contributed by atoms with Crippen molar-refractivity contribution in [1.82, 2.24) is 5.32 Å². The fraction of sp³-hybridized carbons (Fsp3) is 0.100. The van der Waals surface area contributed by atoms with Crippen LogP contribution in [0.2, 0.25) is 0 Å². The van der Waals surface area contributed by atoms with E-state index in [1.165, 1.54) is 38.5 Å². The highest BCUT2D eigenvalue weighted by Gasteiger charge is 2.11. The summed E-state index contributed by atoms with van der Waals surface area (Å²) in [5, 5.41) is 40.2. The van der Waals surface area contributed by atoms with E-state index in [9.17, 15) is 25.4 Å². The van der Waals surface area contributed by atoms with Gasteiger partial charge in [0.25, 0.3) is 5.91 Å². The van der Waals surface area contributed by atoms with Crippen LogP contribution in [-0.4, -0.2) is 35.4 Å². The number of phenols is 3.